The second-order valence-corrected chi connectivity index (χ2v) is 16.5. The summed E-state index contributed by atoms with van der Waals surface area (Å²) in [5.41, 5.74) is 3.23. The van der Waals surface area contributed by atoms with Crippen LogP contribution in [0.25, 0.3) is 0 Å². The van der Waals surface area contributed by atoms with E-state index in [-0.39, 0.29) is 10.8 Å². The Bertz CT molecular complexity index is 1200. The summed E-state index contributed by atoms with van der Waals surface area (Å²) in [6, 6.07) is 18.9. The minimum atomic E-state index is 0.114. The lowest BCUT2D eigenvalue weighted by Crippen LogP contribution is -2.12. The van der Waals surface area contributed by atoms with Crippen molar-refractivity contribution in [2.45, 2.75) is 117 Å². The molecule has 4 heteroatoms. The summed E-state index contributed by atoms with van der Waals surface area (Å²) in [5, 5.41) is 2.89. The zero-order valence-electron chi connectivity index (χ0n) is 27.7. The third-order valence-electron chi connectivity index (χ3n) is 7.84. The predicted molar refractivity (Wildman–Crippen MR) is 184 cm³/mol. The second kappa shape index (κ2) is 15.2. The monoisotopic (exact) mass is 610 g/mol. The minimum absolute atomic E-state index is 0.114. The molecule has 2 saturated carbocycles. The van der Waals surface area contributed by atoms with Crippen LogP contribution >= 0.6 is 22.9 Å². The molecular formula is C38H55ClO2S. The summed E-state index contributed by atoms with van der Waals surface area (Å²) < 4.78 is 11.7. The Balaban J connectivity index is 0.000000181. The Hall–Kier alpha value is -1.97. The summed E-state index contributed by atoms with van der Waals surface area (Å²) >= 11 is 7.94. The van der Waals surface area contributed by atoms with E-state index in [0.29, 0.717) is 5.41 Å². The Kier molecular flexibility index (Phi) is 12.5. The quantitative estimate of drug-likeness (QED) is 0.276. The Morgan fingerprint density at radius 2 is 1.21 bits per heavy atom. The molecule has 0 bridgehead atoms. The molecule has 0 unspecified atom stereocenters. The molecule has 2 fully saturated rings. The standard InChI is InChI=1S/C16H24O.C14H19ClO.C8H12S/c1-16(2,3)14-9-6-10-15(11-14)17-12-13-7-4-5-8-13;1-14(2,3)11-6-12(15)8-13(7-11)16-9-10-4-5-10;1-8(2,3)7-5-4-6-9-7/h6,9-11,13H,4-5,7-8,12H2,1-3H3;6-8,10H,4-5,9H2,1-3H3;4-6H,1-3H3. The zero-order valence-corrected chi connectivity index (χ0v) is 29.3. The van der Waals surface area contributed by atoms with Gasteiger partial charge in [0, 0.05) is 9.90 Å². The summed E-state index contributed by atoms with van der Waals surface area (Å²) in [6.45, 7) is 21.7. The highest BCUT2D eigenvalue weighted by molar-refractivity contribution is 7.10. The van der Waals surface area contributed by atoms with Gasteiger partial charge in [-0.1, -0.05) is 105 Å². The molecule has 0 spiro atoms. The largest absolute Gasteiger partial charge is 0.493 e. The van der Waals surface area contributed by atoms with E-state index in [1.165, 1.54) is 54.5 Å². The lowest BCUT2D eigenvalue weighted by molar-refractivity contribution is 0.251. The van der Waals surface area contributed by atoms with Crippen LogP contribution in [0.5, 0.6) is 11.5 Å². The summed E-state index contributed by atoms with van der Waals surface area (Å²) in [7, 11) is 0. The Morgan fingerprint density at radius 3 is 1.71 bits per heavy atom. The van der Waals surface area contributed by atoms with Crippen molar-refractivity contribution in [1.82, 2.24) is 0 Å². The fraction of sp³-hybridized carbons (Fsp3) is 0.579. The number of hydrogen-bond donors (Lipinski definition) is 0. The van der Waals surface area contributed by atoms with E-state index in [2.05, 4.69) is 110 Å². The maximum absolute atomic E-state index is 6.11. The normalized spacial score (nSPS) is 15.8. The third-order valence-corrected chi connectivity index (χ3v) is 9.35. The fourth-order valence-corrected chi connectivity index (χ4v) is 5.77. The molecule has 0 N–H and O–H groups in total. The molecule has 42 heavy (non-hydrogen) atoms. The third kappa shape index (κ3) is 12.3. The number of rotatable bonds is 6. The first-order valence-corrected chi connectivity index (χ1v) is 17.1. The molecule has 0 amide bonds. The first-order valence-electron chi connectivity index (χ1n) is 15.8. The van der Waals surface area contributed by atoms with Gasteiger partial charge in [-0.15, -0.1) is 11.3 Å². The van der Waals surface area contributed by atoms with E-state index in [1.807, 2.05) is 23.5 Å². The number of benzene rings is 2. The van der Waals surface area contributed by atoms with Crippen LogP contribution in [-0.2, 0) is 16.2 Å². The van der Waals surface area contributed by atoms with E-state index in [1.54, 1.807) is 0 Å². The van der Waals surface area contributed by atoms with Crippen molar-refractivity contribution in [3.63, 3.8) is 0 Å². The molecule has 0 saturated heterocycles. The van der Waals surface area contributed by atoms with Gasteiger partial charge in [-0.05, 0) is 107 Å². The predicted octanol–water partition coefficient (Wildman–Crippen LogP) is 12.0. The van der Waals surface area contributed by atoms with Crippen LogP contribution in [0.3, 0.4) is 0 Å². The van der Waals surface area contributed by atoms with Gasteiger partial charge in [0.05, 0.1) is 13.2 Å². The van der Waals surface area contributed by atoms with Crippen molar-refractivity contribution in [2.75, 3.05) is 13.2 Å². The van der Waals surface area contributed by atoms with Crippen LogP contribution < -0.4 is 9.47 Å². The number of hydrogen-bond acceptors (Lipinski definition) is 3. The Morgan fingerprint density at radius 1 is 0.643 bits per heavy atom. The lowest BCUT2D eigenvalue weighted by Gasteiger charge is -2.20. The first kappa shape index (κ1) is 34.5. The van der Waals surface area contributed by atoms with E-state index >= 15 is 0 Å². The molecule has 0 atom stereocenters. The van der Waals surface area contributed by atoms with Gasteiger partial charge in [-0.25, -0.2) is 0 Å². The van der Waals surface area contributed by atoms with Gasteiger partial charge >= 0.3 is 0 Å². The fourth-order valence-electron chi connectivity index (χ4n) is 4.73. The smallest absolute Gasteiger partial charge is 0.121 e. The van der Waals surface area contributed by atoms with Gasteiger partial charge in [0.2, 0.25) is 0 Å². The van der Waals surface area contributed by atoms with Gasteiger partial charge in [-0.2, -0.15) is 0 Å². The van der Waals surface area contributed by atoms with Crippen molar-refractivity contribution in [3.05, 3.63) is 81.0 Å². The molecule has 2 aromatic carbocycles. The Labute approximate surface area is 266 Å². The number of thiophene rings is 1. The second-order valence-electron chi connectivity index (χ2n) is 15.1. The number of ether oxygens (including phenoxy) is 2. The molecule has 1 heterocycles. The average molecular weight is 611 g/mol. The van der Waals surface area contributed by atoms with E-state index in [4.69, 9.17) is 21.1 Å². The van der Waals surface area contributed by atoms with Crippen molar-refractivity contribution in [1.29, 1.82) is 0 Å². The van der Waals surface area contributed by atoms with Gasteiger partial charge in [0.25, 0.3) is 0 Å². The summed E-state index contributed by atoms with van der Waals surface area (Å²) in [4.78, 5) is 1.46. The molecule has 3 aromatic rings. The molecule has 0 radical (unpaired) electrons. The summed E-state index contributed by atoms with van der Waals surface area (Å²) in [6.07, 6.45) is 8.09. The highest BCUT2D eigenvalue weighted by Gasteiger charge is 2.23. The zero-order chi connectivity index (χ0) is 31.0. The average Bonchev–Trinajstić information content (AvgIpc) is 3.31. The minimum Gasteiger partial charge on any atom is -0.493 e. The highest BCUT2D eigenvalue weighted by Crippen LogP contribution is 2.33. The van der Waals surface area contributed by atoms with Crippen LogP contribution in [0.1, 0.15) is 117 Å². The molecule has 232 valence electrons. The summed E-state index contributed by atoms with van der Waals surface area (Å²) in [5.74, 6) is 3.50. The van der Waals surface area contributed by atoms with Crippen LogP contribution in [0.15, 0.2) is 60.0 Å². The van der Waals surface area contributed by atoms with Gasteiger partial charge < -0.3 is 9.47 Å². The molecule has 2 nitrogen and oxygen atoms in total. The van der Waals surface area contributed by atoms with Crippen molar-refractivity contribution in [2.24, 2.45) is 11.8 Å². The molecule has 2 aliphatic carbocycles. The molecular weight excluding hydrogens is 556 g/mol. The van der Waals surface area contributed by atoms with E-state index < -0.39 is 0 Å². The number of halogens is 1. The first-order chi connectivity index (χ1) is 19.6. The van der Waals surface area contributed by atoms with E-state index in [9.17, 15) is 0 Å². The maximum Gasteiger partial charge on any atom is 0.121 e. The SMILES string of the molecule is CC(C)(C)c1cc(Cl)cc(OCC2CC2)c1.CC(C)(C)c1cccc(OCC2CCCC2)c1.CC(C)(C)c1cccs1. The van der Waals surface area contributed by atoms with Gasteiger partial charge in [0.1, 0.15) is 11.5 Å². The molecule has 5 rings (SSSR count). The van der Waals surface area contributed by atoms with Crippen LogP contribution in [0.4, 0.5) is 0 Å². The van der Waals surface area contributed by atoms with Crippen LogP contribution in [0.2, 0.25) is 5.02 Å². The van der Waals surface area contributed by atoms with Gasteiger partial charge in [-0.3, -0.25) is 0 Å². The van der Waals surface area contributed by atoms with Crippen LogP contribution in [-0.4, -0.2) is 13.2 Å². The highest BCUT2D eigenvalue weighted by atomic mass is 35.5. The maximum atomic E-state index is 6.11. The molecule has 0 aliphatic heterocycles. The lowest BCUT2D eigenvalue weighted by atomic mass is 9.87. The van der Waals surface area contributed by atoms with E-state index in [0.717, 1.165) is 41.6 Å². The molecule has 2 aliphatic rings. The molecule has 1 aromatic heterocycles. The van der Waals surface area contributed by atoms with Gasteiger partial charge in [0.15, 0.2) is 0 Å². The van der Waals surface area contributed by atoms with Crippen molar-refractivity contribution < 1.29 is 9.47 Å². The van der Waals surface area contributed by atoms with Crippen LogP contribution in [0, 0.1) is 11.8 Å². The topological polar surface area (TPSA) is 18.5 Å². The van der Waals surface area contributed by atoms with Crippen molar-refractivity contribution >= 4 is 22.9 Å². The van der Waals surface area contributed by atoms with Crippen molar-refractivity contribution in [3.8, 4) is 11.5 Å².